The van der Waals surface area contributed by atoms with Crippen LogP contribution in [0.5, 0.6) is 0 Å². The Kier molecular flexibility index (Phi) is 6.33. The average Bonchev–Trinajstić information content (AvgIpc) is 2.40. The molecular formula is C13H19F2N3O2. The molecule has 1 amide bonds. The number of nitrogens with one attached hydrogen (secondary N) is 1. The first kappa shape index (κ1) is 16.3. The molecule has 3 N–H and O–H groups in total. The van der Waals surface area contributed by atoms with Gasteiger partial charge in [0.1, 0.15) is 0 Å². The summed E-state index contributed by atoms with van der Waals surface area (Å²) in [7, 11) is 3.50. The van der Waals surface area contributed by atoms with Crippen LogP contribution in [0.4, 0.5) is 14.5 Å². The van der Waals surface area contributed by atoms with Crippen LogP contribution in [-0.4, -0.2) is 51.2 Å². The molecule has 1 rings (SSSR count). The second-order valence-electron chi connectivity index (χ2n) is 4.41. The third-order valence-corrected chi connectivity index (χ3v) is 2.79. The van der Waals surface area contributed by atoms with Crippen molar-refractivity contribution in [1.29, 1.82) is 0 Å². The summed E-state index contributed by atoms with van der Waals surface area (Å²) in [6, 6.07) is 1.60. The number of rotatable bonds is 7. The van der Waals surface area contributed by atoms with Crippen molar-refractivity contribution in [2.24, 2.45) is 0 Å². The van der Waals surface area contributed by atoms with Crippen molar-refractivity contribution >= 4 is 11.6 Å². The molecule has 7 heteroatoms. The Hall–Kier alpha value is -1.73. The van der Waals surface area contributed by atoms with Crippen LogP contribution in [0.1, 0.15) is 10.4 Å². The lowest BCUT2D eigenvalue weighted by atomic mass is 10.1. The predicted octanol–water partition coefficient (Wildman–Crippen LogP) is 0.855. The van der Waals surface area contributed by atoms with Crippen molar-refractivity contribution in [3.8, 4) is 0 Å². The topological polar surface area (TPSA) is 67.6 Å². The molecule has 0 saturated heterocycles. The molecule has 5 nitrogen and oxygen atoms in total. The van der Waals surface area contributed by atoms with Gasteiger partial charge >= 0.3 is 0 Å². The van der Waals surface area contributed by atoms with Crippen molar-refractivity contribution in [1.82, 2.24) is 10.2 Å². The number of ether oxygens (including phenoxy) is 1. The number of nitrogens with zero attached hydrogens (tertiary/aromatic N) is 1. The van der Waals surface area contributed by atoms with Crippen molar-refractivity contribution in [3.63, 3.8) is 0 Å². The summed E-state index contributed by atoms with van der Waals surface area (Å²) in [6.45, 7) is 2.32. The number of hydrogen-bond donors (Lipinski definition) is 2. The number of benzene rings is 1. The Morgan fingerprint density at radius 1 is 1.35 bits per heavy atom. The van der Waals surface area contributed by atoms with E-state index in [0.717, 1.165) is 18.7 Å². The lowest BCUT2D eigenvalue weighted by molar-refractivity contribution is 0.0948. The van der Waals surface area contributed by atoms with Crippen LogP contribution in [0, 0.1) is 11.6 Å². The largest absolute Gasteiger partial charge is 0.398 e. The summed E-state index contributed by atoms with van der Waals surface area (Å²) in [5, 5.41) is 2.60. The fourth-order valence-electron chi connectivity index (χ4n) is 1.57. The van der Waals surface area contributed by atoms with Gasteiger partial charge in [0.2, 0.25) is 0 Å². The predicted molar refractivity (Wildman–Crippen MR) is 72.5 cm³/mol. The van der Waals surface area contributed by atoms with Crippen LogP contribution in [0.2, 0.25) is 0 Å². The number of nitrogens with two attached hydrogens (primary N) is 1. The van der Waals surface area contributed by atoms with Crippen molar-refractivity contribution in [2.45, 2.75) is 0 Å². The number of halogens is 2. The maximum atomic E-state index is 13.1. The van der Waals surface area contributed by atoms with Gasteiger partial charge in [0.25, 0.3) is 5.91 Å². The average molecular weight is 287 g/mol. The molecule has 1 aromatic rings. The first-order chi connectivity index (χ1) is 9.45. The van der Waals surface area contributed by atoms with Crippen molar-refractivity contribution in [3.05, 3.63) is 29.3 Å². The first-order valence-electron chi connectivity index (χ1n) is 6.16. The molecule has 0 unspecified atom stereocenters. The summed E-state index contributed by atoms with van der Waals surface area (Å²) >= 11 is 0. The van der Waals surface area contributed by atoms with Crippen LogP contribution < -0.4 is 11.1 Å². The van der Waals surface area contributed by atoms with E-state index in [2.05, 4.69) is 5.32 Å². The van der Waals surface area contributed by atoms with E-state index in [1.165, 1.54) is 0 Å². The highest BCUT2D eigenvalue weighted by atomic mass is 19.2. The highest BCUT2D eigenvalue weighted by molar-refractivity contribution is 5.99. The Morgan fingerprint density at radius 3 is 2.65 bits per heavy atom. The number of anilines is 1. The van der Waals surface area contributed by atoms with Gasteiger partial charge in [-0.05, 0) is 13.1 Å². The SMILES string of the molecule is COCCN(C)CCNC(=O)c1cc(F)c(F)cc1N. The molecule has 1 aromatic carbocycles. The first-order valence-corrected chi connectivity index (χ1v) is 6.16. The normalized spacial score (nSPS) is 10.8. The van der Waals surface area contributed by atoms with Crippen LogP contribution in [-0.2, 0) is 4.74 Å². The van der Waals surface area contributed by atoms with Gasteiger partial charge in [0.15, 0.2) is 11.6 Å². The van der Waals surface area contributed by atoms with Gasteiger partial charge in [-0.15, -0.1) is 0 Å². The van der Waals surface area contributed by atoms with E-state index in [9.17, 15) is 13.6 Å². The molecule has 20 heavy (non-hydrogen) atoms. The molecule has 0 aliphatic rings. The summed E-state index contributed by atoms with van der Waals surface area (Å²) < 4.78 is 30.9. The summed E-state index contributed by atoms with van der Waals surface area (Å²) in [4.78, 5) is 13.8. The highest BCUT2D eigenvalue weighted by Gasteiger charge is 2.14. The van der Waals surface area contributed by atoms with Crippen LogP contribution in [0.3, 0.4) is 0 Å². The summed E-state index contributed by atoms with van der Waals surface area (Å²) in [5.74, 6) is -2.69. The van der Waals surface area contributed by atoms with Gasteiger partial charge in [0, 0.05) is 38.5 Å². The van der Waals surface area contributed by atoms with Gasteiger partial charge in [-0.3, -0.25) is 4.79 Å². The minimum atomic E-state index is -1.10. The number of carbonyl (C=O) groups excluding carboxylic acids is 1. The molecule has 0 atom stereocenters. The van der Waals surface area contributed by atoms with Gasteiger partial charge in [0.05, 0.1) is 12.2 Å². The lowest BCUT2D eigenvalue weighted by Gasteiger charge is -2.16. The minimum absolute atomic E-state index is 0.0663. The Morgan fingerprint density at radius 2 is 2.00 bits per heavy atom. The Bertz CT molecular complexity index is 469. The summed E-state index contributed by atoms with van der Waals surface area (Å²) in [6.07, 6.45) is 0. The van der Waals surface area contributed by atoms with E-state index >= 15 is 0 Å². The van der Waals surface area contributed by atoms with Crippen molar-refractivity contribution < 1.29 is 18.3 Å². The molecule has 0 aliphatic heterocycles. The molecule has 0 radical (unpaired) electrons. The van der Waals surface area contributed by atoms with Gasteiger partial charge in [-0.1, -0.05) is 0 Å². The lowest BCUT2D eigenvalue weighted by Crippen LogP contribution is -2.34. The monoisotopic (exact) mass is 287 g/mol. The van der Waals surface area contributed by atoms with Crippen LogP contribution in [0.25, 0.3) is 0 Å². The maximum Gasteiger partial charge on any atom is 0.253 e. The van der Waals surface area contributed by atoms with E-state index in [4.69, 9.17) is 10.5 Å². The molecule has 0 bridgehead atoms. The number of methoxy groups -OCH3 is 1. The number of hydrogen-bond acceptors (Lipinski definition) is 4. The second kappa shape index (κ2) is 7.76. The smallest absolute Gasteiger partial charge is 0.253 e. The molecule has 0 aromatic heterocycles. The molecule has 112 valence electrons. The fraction of sp³-hybridized carbons (Fsp3) is 0.462. The third kappa shape index (κ3) is 4.75. The number of amides is 1. The second-order valence-corrected chi connectivity index (χ2v) is 4.41. The van der Waals surface area contributed by atoms with Crippen LogP contribution in [0.15, 0.2) is 12.1 Å². The Balaban J connectivity index is 2.49. The molecular weight excluding hydrogens is 268 g/mol. The van der Waals surface area contributed by atoms with Gasteiger partial charge in [-0.25, -0.2) is 8.78 Å². The van der Waals surface area contributed by atoms with E-state index in [-0.39, 0.29) is 11.3 Å². The minimum Gasteiger partial charge on any atom is -0.398 e. The highest BCUT2D eigenvalue weighted by Crippen LogP contribution is 2.16. The standard InChI is InChI=1S/C13H19F2N3O2/c1-18(5-6-20-2)4-3-17-13(19)9-7-10(14)11(15)8-12(9)16/h7-8H,3-6,16H2,1-2H3,(H,17,19). The number of nitrogen functional groups attached to an aromatic ring is 1. The molecule has 0 aliphatic carbocycles. The van der Waals surface area contributed by atoms with Crippen molar-refractivity contribution in [2.75, 3.05) is 46.1 Å². The molecule has 0 fully saturated rings. The Labute approximate surface area is 116 Å². The quantitative estimate of drug-likeness (QED) is 0.730. The zero-order valence-corrected chi connectivity index (χ0v) is 11.6. The zero-order valence-electron chi connectivity index (χ0n) is 11.6. The zero-order chi connectivity index (χ0) is 15.1. The molecule has 0 saturated carbocycles. The molecule has 0 spiro atoms. The number of carbonyl (C=O) groups is 1. The van der Waals surface area contributed by atoms with Gasteiger partial charge < -0.3 is 20.7 Å². The van der Waals surface area contributed by atoms with E-state index < -0.39 is 17.5 Å². The fourth-order valence-corrected chi connectivity index (χ4v) is 1.57. The summed E-state index contributed by atoms with van der Waals surface area (Å²) in [5.41, 5.74) is 5.34. The van der Waals surface area contributed by atoms with Gasteiger partial charge in [-0.2, -0.15) is 0 Å². The maximum absolute atomic E-state index is 13.1. The van der Waals surface area contributed by atoms with E-state index in [0.29, 0.717) is 19.7 Å². The van der Waals surface area contributed by atoms with E-state index in [1.54, 1.807) is 7.11 Å². The molecule has 0 heterocycles. The number of likely N-dealkylation sites (N-methyl/N-ethyl adjacent to an activating group) is 1. The van der Waals surface area contributed by atoms with E-state index in [1.807, 2.05) is 11.9 Å². The third-order valence-electron chi connectivity index (χ3n) is 2.79. The van der Waals surface area contributed by atoms with Crippen LogP contribution >= 0.6 is 0 Å².